The fourth-order valence-corrected chi connectivity index (χ4v) is 1.75. The summed E-state index contributed by atoms with van der Waals surface area (Å²) >= 11 is 0. The molecule has 0 aromatic heterocycles. The Morgan fingerprint density at radius 3 is 2.67 bits per heavy atom. The van der Waals surface area contributed by atoms with Gasteiger partial charge >= 0.3 is 0 Å². The molecule has 12 heavy (non-hydrogen) atoms. The summed E-state index contributed by atoms with van der Waals surface area (Å²) in [6.45, 7) is 4.43. The minimum absolute atomic E-state index is 0.618. The van der Waals surface area contributed by atoms with Crippen LogP contribution in [0.1, 0.15) is 19.4 Å². The largest absolute Gasteiger partial charge is 0.0700 e. The van der Waals surface area contributed by atoms with E-state index in [0.29, 0.717) is 5.92 Å². The van der Waals surface area contributed by atoms with Gasteiger partial charge in [0.1, 0.15) is 0 Å². The maximum absolute atomic E-state index is 2.33. The van der Waals surface area contributed by atoms with Gasteiger partial charge in [-0.25, -0.2) is 0 Å². The van der Waals surface area contributed by atoms with Crippen LogP contribution in [-0.2, 0) is 6.42 Å². The molecule has 1 atom stereocenters. The predicted molar refractivity (Wildman–Crippen MR) is 53.2 cm³/mol. The highest BCUT2D eigenvalue weighted by Crippen LogP contribution is 2.02. The maximum atomic E-state index is 2.33. The highest BCUT2D eigenvalue weighted by Gasteiger charge is 2.00. The lowest BCUT2D eigenvalue weighted by Crippen LogP contribution is -2.20. The molecule has 0 N–H and O–H groups in total. The van der Waals surface area contributed by atoms with Crippen LogP contribution in [-0.4, -0.2) is 0 Å². The van der Waals surface area contributed by atoms with Gasteiger partial charge in [0, 0.05) is 0 Å². The quantitative estimate of drug-likeness (QED) is 0.580. The van der Waals surface area contributed by atoms with Crippen molar-refractivity contribution < 1.29 is 0 Å². The molecule has 1 unspecified atom stereocenters. The van der Waals surface area contributed by atoms with Crippen molar-refractivity contribution >= 4 is 12.2 Å². The zero-order chi connectivity index (χ0) is 8.55. The van der Waals surface area contributed by atoms with Crippen molar-refractivity contribution in [1.29, 1.82) is 0 Å². The smallest absolute Gasteiger partial charge is 0.00635 e. The first-order valence-electron chi connectivity index (χ1n) is 4.62. The second-order valence-electron chi connectivity index (χ2n) is 3.51. The summed E-state index contributed by atoms with van der Waals surface area (Å²) in [6, 6.07) is 6.75. The molecule has 0 heteroatoms. The Labute approximate surface area is 73.2 Å². The van der Waals surface area contributed by atoms with Crippen LogP contribution in [0.25, 0.3) is 12.2 Å². The molecule has 1 aromatic rings. The maximum Gasteiger partial charge on any atom is -0.00635 e. The minimum Gasteiger partial charge on any atom is -0.0700 e. The Bertz CT molecular complexity index is 399. The lowest BCUT2D eigenvalue weighted by molar-refractivity contribution is 1.07. The summed E-state index contributed by atoms with van der Waals surface area (Å²) in [7, 11) is 0. The molecule has 0 nitrogen and oxygen atoms in total. The third-order valence-electron chi connectivity index (χ3n) is 2.44. The molecule has 1 aliphatic carbocycles. The van der Waals surface area contributed by atoms with E-state index in [4.69, 9.17) is 0 Å². The average Bonchev–Trinajstić information content (AvgIpc) is 2.43. The van der Waals surface area contributed by atoms with Gasteiger partial charge in [0.05, 0.1) is 0 Å². The van der Waals surface area contributed by atoms with Crippen molar-refractivity contribution in [2.45, 2.75) is 20.3 Å². The van der Waals surface area contributed by atoms with Gasteiger partial charge in [-0.2, -0.15) is 0 Å². The first-order chi connectivity index (χ1) is 5.79. The molecular formula is C12H14. The lowest BCUT2D eigenvalue weighted by atomic mass is 10.1. The molecule has 1 aliphatic rings. The van der Waals surface area contributed by atoms with Gasteiger partial charge in [0.15, 0.2) is 0 Å². The van der Waals surface area contributed by atoms with E-state index in [1.165, 1.54) is 16.0 Å². The summed E-state index contributed by atoms with van der Waals surface area (Å²) < 4.78 is 0. The molecule has 0 aliphatic heterocycles. The third kappa shape index (κ3) is 1.18. The van der Waals surface area contributed by atoms with Gasteiger partial charge in [-0.05, 0) is 28.3 Å². The fraction of sp³-hybridized carbons (Fsp3) is 0.333. The van der Waals surface area contributed by atoms with E-state index in [9.17, 15) is 0 Å². The van der Waals surface area contributed by atoms with Crippen LogP contribution in [0.5, 0.6) is 0 Å². The van der Waals surface area contributed by atoms with Crippen molar-refractivity contribution in [2.75, 3.05) is 0 Å². The topological polar surface area (TPSA) is 0 Å². The molecule has 0 heterocycles. The molecule has 1 aromatic carbocycles. The minimum atomic E-state index is 0.618. The van der Waals surface area contributed by atoms with Crippen LogP contribution >= 0.6 is 0 Å². The normalized spacial score (nSPS) is 19.7. The van der Waals surface area contributed by atoms with Gasteiger partial charge in [-0.1, -0.05) is 44.2 Å². The molecule has 0 amide bonds. The number of hydrogen-bond acceptors (Lipinski definition) is 0. The predicted octanol–water partition coefficient (Wildman–Crippen LogP) is 1.46. The first-order valence-corrected chi connectivity index (χ1v) is 4.62. The van der Waals surface area contributed by atoms with Crippen molar-refractivity contribution in [3.63, 3.8) is 0 Å². The highest BCUT2D eigenvalue weighted by molar-refractivity contribution is 5.50. The van der Waals surface area contributed by atoms with E-state index in [2.05, 4.69) is 44.2 Å². The molecule has 0 saturated heterocycles. The molecule has 2 rings (SSSR count). The van der Waals surface area contributed by atoms with Crippen LogP contribution in [0.2, 0.25) is 0 Å². The molecule has 0 radical (unpaired) electrons. The van der Waals surface area contributed by atoms with Gasteiger partial charge in [0.2, 0.25) is 0 Å². The second-order valence-corrected chi connectivity index (χ2v) is 3.51. The van der Waals surface area contributed by atoms with Gasteiger partial charge in [-0.15, -0.1) is 0 Å². The zero-order valence-corrected chi connectivity index (χ0v) is 7.67. The first kappa shape index (κ1) is 7.60. The zero-order valence-electron chi connectivity index (χ0n) is 7.67. The fourth-order valence-electron chi connectivity index (χ4n) is 1.75. The molecular weight excluding hydrogens is 144 g/mol. The Morgan fingerprint density at radius 1 is 1.17 bits per heavy atom. The van der Waals surface area contributed by atoms with Crippen LogP contribution in [0.4, 0.5) is 0 Å². The van der Waals surface area contributed by atoms with Crippen LogP contribution in [0.3, 0.4) is 0 Å². The third-order valence-corrected chi connectivity index (χ3v) is 2.44. The highest BCUT2D eigenvalue weighted by atomic mass is 14.1. The Balaban J connectivity index is 2.64. The van der Waals surface area contributed by atoms with Gasteiger partial charge in [-0.3, -0.25) is 0 Å². The Hall–Kier alpha value is -1.04. The van der Waals surface area contributed by atoms with E-state index in [-0.39, 0.29) is 0 Å². The van der Waals surface area contributed by atoms with Crippen LogP contribution < -0.4 is 10.4 Å². The number of rotatable bonds is 1. The SMILES string of the molecule is CCc1ccc2c(c1)=CC(C)C=2. The van der Waals surface area contributed by atoms with E-state index in [0.717, 1.165) is 6.42 Å². The van der Waals surface area contributed by atoms with Crippen LogP contribution in [0, 0.1) is 5.92 Å². The Morgan fingerprint density at radius 2 is 1.92 bits per heavy atom. The summed E-state index contributed by atoms with van der Waals surface area (Å²) in [4.78, 5) is 0. The number of fused-ring (bicyclic) bond motifs is 1. The number of benzene rings is 1. The van der Waals surface area contributed by atoms with Gasteiger partial charge < -0.3 is 0 Å². The number of aryl methyl sites for hydroxylation is 1. The average molecular weight is 158 g/mol. The summed E-state index contributed by atoms with van der Waals surface area (Å²) in [5.74, 6) is 0.618. The molecule has 62 valence electrons. The monoisotopic (exact) mass is 158 g/mol. The summed E-state index contributed by atoms with van der Waals surface area (Å²) in [5.41, 5.74) is 1.44. The standard InChI is InChI=1S/C12H14/c1-3-10-4-5-11-6-9(2)7-12(11)8-10/h4-9H,3H2,1-2H3. The molecule has 0 fully saturated rings. The van der Waals surface area contributed by atoms with E-state index >= 15 is 0 Å². The molecule has 0 saturated carbocycles. The Kier molecular flexibility index (Phi) is 1.76. The molecule has 0 spiro atoms. The van der Waals surface area contributed by atoms with Crippen LogP contribution in [0.15, 0.2) is 18.2 Å². The van der Waals surface area contributed by atoms with E-state index < -0.39 is 0 Å². The number of hydrogen-bond donors (Lipinski definition) is 0. The summed E-state index contributed by atoms with van der Waals surface area (Å²) in [6.07, 6.45) is 5.78. The molecule has 0 bridgehead atoms. The second kappa shape index (κ2) is 2.78. The van der Waals surface area contributed by atoms with Crippen molar-refractivity contribution in [1.82, 2.24) is 0 Å². The summed E-state index contributed by atoms with van der Waals surface area (Å²) in [5, 5.41) is 2.82. The van der Waals surface area contributed by atoms with E-state index in [1.54, 1.807) is 0 Å². The van der Waals surface area contributed by atoms with Crippen molar-refractivity contribution in [3.05, 3.63) is 34.2 Å². The van der Waals surface area contributed by atoms with E-state index in [1.807, 2.05) is 0 Å². The van der Waals surface area contributed by atoms with Gasteiger partial charge in [0.25, 0.3) is 0 Å². The lowest BCUT2D eigenvalue weighted by Gasteiger charge is -1.93. The van der Waals surface area contributed by atoms with Crippen molar-refractivity contribution in [3.8, 4) is 0 Å². The van der Waals surface area contributed by atoms with Crippen molar-refractivity contribution in [2.24, 2.45) is 5.92 Å².